The summed E-state index contributed by atoms with van der Waals surface area (Å²) >= 11 is -2.46. The van der Waals surface area contributed by atoms with E-state index in [1.54, 1.807) is 0 Å². The predicted octanol–water partition coefficient (Wildman–Crippen LogP) is 1.95. The van der Waals surface area contributed by atoms with Gasteiger partial charge in [0.15, 0.2) is 0 Å². The first-order chi connectivity index (χ1) is 3.80. The maximum absolute atomic E-state index is 10.6. The normalized spacial score (nSPS) is 17.5. The first kappa shape index (κ1) is 6.38. The zero-order valence-corrected chi connectivity index (χ0v) is 6.90. The van der Waals surface area contributed by atoms with Crippen LogP contribution < -0.4 is 0 Å². The van der Waals surface area contributed by atoms with Gasteiger partial charge < -0.3 is 0 Å². The Morgan fingerprint density at radius 2 is 2.50 bits per heavy atom. The molecule has 0 aromatic carbocycles. The minimum absolute atomic E-state index is 0.809. The molecule has 44 valence electrons. The molecule has 3 heteroatoms. The van der Waals surface area contributed by atoms with Gasteiger partial charge in [0.2, 0.25) is 0 Å². The molecule has 0 aliphatic heterocycles. The summed E-state index contributed by atoms with van der Waals surface area (Å²) in [5.41, 5.74) is 0. The molecular weight excluding hydrogens is 207 g/mol. The summed E-state index contributed by atoms with van der Waals surface area (Å²) in [5.74, 6) is 0. The molecule has 0 heterocycles. The third-order valence-corrected chi connectivity index (χ3v) is 3.87. The minimum atomic E-state index is -2.46. The Morgan fingerprint density at radius 3 is 2.75 bits per heavy atom. The molecule has 0 N–H and O–H groups in total. The van der Waals surface area contributed by atoms with Crippen molar-refractivity contribution in [3.05, 3.63) is 22.2 Å². The van der Waals surface area contributed by atoms with Crippen LogP contribution in [0.25, 0.3) is 0 Å². The van der Waals surface area contributed by atoms with Crippen molar-refractivity contribution in [1.29, 1.82) is 0 Å². The molecule has 0 atom stereocenters. The molecule has 1 rings (SSSR count). The maximum atomic E-state index is 10.6. The molecule has 1 nitrogen and oxygen atoms in total. The standard InChI is InChI=1S/C5H5.ClH.Mo.O/c1-2-4-5-3-1;;;/h1-3H,4H2;1H;;/q;;+1;/p-1. The summed E-state index contributed by atoms with van der Waals surface area (Å²) < 4.78 is 11.5. The molecule has 0 radical (unpaired) electrons. The molecular formula is C5H5ClMoO. The second-order valence-corrected chi connectivity index (χ2v) is 5.53. The molecule has 0 unspecified atom stereocenters. The monoisotopic (exact) mass is 214 g/mol. The van der Waals surface area contributed by atoms with Gasteiger partial charge in [0.25, 0.3) is 0 Å². The van der Waals surface area contributed by atoms with Gasteiger partial charge in [0.05, 0.1) is 0 Å². The Hall–Kier alpha value is 0.258. The molecule has 0 aromatic heterocycles. The van der Waals surface area contributed by atoms with Gasteiger partial charge in [-0.2, -0.15) is 0 Å². The number of hydrogen-bond donors (Lipinski definition) is 0. The van der Waals surface area contributed by atoms with Crippen LogP contribution in [0.2, 0.25) is 0 Å². The molecule has 0 saturated heterocycles. The van der Waals surface area contributed by atoms with E-state index >= 15 is 0 Å². The van der Waals surface area contributed by atoms with Gasteiger partial charge in [-0.1, -0.05) is 0 Å². The zero-order chi connectivity index (χ0) is 5.98. The third kappa shape index (κ3) is 1.37. The Labute approximate surface area is 57.8 Å². The van der Waals surface area contributed by atoms with Crippen LogP contribution in [0.4, 0.5) is 0 Å². The van der Waals surface area contributed by atoms with Crippen LogP contribution in [0.1, 0.15) is 6.42 Å². The zero-order valence-electron chi connectivity index (χ0n) is 4.13. The van der Waals surface area contributed by atoms with Crippen molar-refractivity contribution in [3.63, 3.8) is 0 Å². The van der Waals surface area contributed by atoms with Crippen molar-refractivity contribution in [2.75, 3.05) is 0 Å². The molecule has 1 aliphatic carbocycles. The van der Waals surface area contributed by atoms with Gasteiger partial charge >= 0.3 is 57.7 Å². The van der Waals surface area contributed by atoms with Crippen molar-refractivity contribution in [2.45, 2.75) is 6.42 Å². The fourth-order valence-electron chi connectivity index (χ4n) is 0.547. The van der Waals surface area contributed by atoms with Crippen LogP contribution in [0.15, 0.2) is 22.2 Å². The third-order valence-electron chi connectivity index (χ3n) is 0.943. The first-order valence-corrected chi connectivity index (χ1v) is 6.65. The van der Waals surface area contributed by atoms with E-state index in [9.17, 15) is 3.40 Å². The average molecular weight is 212 g/mol. The van der Waals surface area contributed by atoms with Crippen molar-refractivity contribution in [3.8, 4) is 0 Å². The summed E-state index contributed by atoms with van der Waals surface area (Å²) in [4.78, 5) is 0. The Bertz CT molecular complexity index is 171. The fraction of sp³-hybridized carbons (Fsp3) is 0.200. The van der Waals surface area contributed by atoms with Crippen molar-refractivity contribution in [2.24, 2.45) is 0 Å². The van der Waals surface area contributed by atoms with Crippen LogP contribution in [-0.4, -0.2) is 0 Å². The number of hydrogen-bond acceptors (Lipinski definition) is 1. The van der Waals surface area contributed by atoms with Crippen molar-refractivity contribution in [1.82, 2.24) is 0 Å². The van der Waals surface area contributed by atoms with Gasteiger partial charge in [-0.15, -0.1) is 0 Å². The van der Waals surface area contributed by atoms with E-state index in [2.05, 4.69) is 0 Å². The van der Waals surface area contributed by atoms with E-state index in [4.69, 9.17) is 9.42 Å². The molecule has 0 spiro atoms. The molecule has 0 bridgehead atoms. The molecule has 0 aromatic rings. The number of halogens is 1. The van der Waals surface area contributed by atoms with E-state index in [1.165, 1.54) is 0 Å². The van der Waals surface area contributed by atoms with Crippen LogP contribution in [0.3, 0.4) is 0 Å². The number of rotatable bonds is 1. The van der Waals surface area contributed by atoms with Crippen molar-refractivity contribution >= 4 is 9.42 Å². The van der Waals surface area contributed by atoms with Crippen LogP contribution in [0.5, 0.6) is 0 Å². The van der Waals surface area contributed by atoms with Crippen molar-refractivity contribution < 1.29 is 19.6 Å². The van der Waals surface area contributed by atoms with E-state index in [0.29, 0.717) is 0 Å². The van der Waals surface area contributed by atoms with E-state index in [0.717, 1.165) is 10.4 Å². The Morgan fingerprint density at radius 1 is 1.75 bits per heavy atom. The summed E-state index contributed by atoms with van der Waals surface area (Å²) in [6, 6.07) is 0. The van der Waals surface area contributed by atoms with E-state index < -0.39 is 16.2 Å². The Balaban J connectivity index is 2.64. The summed E-state index contributed by atoms with van der Waals surface area (Å²) in [6.45, 7) is 0. The summed E-state index contributed by atoms with van der Waals surface area (Å²) in [6.07, 6.45) is 6.51. The van der Waals surface area contributed by atoms with Gasteiger partial charge in [0, 0.05) is 0 Å². The predicted molar refractivity (Wildman–Crippen MR) is 28.4 cm³/mol. The van der Waals surface area contributed by atoms with Crippen LogP contribution in [0, 0.1) is 0 Å². The molecule has 0 saturated carbocycles. The van der Waals surface area contributed by atoms with Crippen LogP contribution >= 0.6 is 9.42 Å². The van der Waals surface area contributed by atoms with Gasteiger partial charge in [-0.05, 0) is 0 Å². The molecule has 8 heavy (non-hydrogen) atoms. The summed E-state index contributed by atoms with van der Waals surface area (Å²) in [5, 5.41) is 0. The van der Waals surface area contributed by atoms with E-state index in [1.807, 2.05) is 18.2 Å². The second-order valence-electron chi connectivity index (χ2n) is 1.49. The van der Waals surface area contributed by atoms with E-state index in [-0.39, 0.29) is 0 Å². The second kappa shape index (κ2) is 2.70. The van der Waals surface area contributed by atoms with Gasteiger partial charge in [0.1, 0.15) is 0 Å². The molecule has 0 amide bonds. The SMILES string of the molecule is [O]=[Mo]([Cl])[C]1=CC=CC1. The quantitative estimate of drug-likeness (QED) is 0.607. The van der Waals surface area contributed by atoms with Gasteiger partial charge in [-0.25, -0.2) is 0 Å². The first-order valence-electron chi connectivity index (χ1n) is 2.24. The molecule has 0 fully saturated rings. The Kier molecular flexibility index (Phi) is 2.15. The average Bonchev–Trinajstić information content (AvgIpc) is 2.12. The number of allylic oxidation sites excluding steroid dienone is 4. The topological polar surface area (TPSA) is 17.1 Å². The molecule has 1 aliphatic rings. The summed E-state index contributed by atoms with van der Waals surface area (Å²) in [7, 11) is 5.39. The fourth-order valence-corrected chi connectivity index (χ4v) is 2.24. The van der Waals surface area contributed by atoms with Gasteiger partial charge in [-0.3, -0.25) is 0 Å². The van der Waals surface area contributed by atoms with Crippen LogP contribution in [-0.2, 0) is 19.6 Å².